The number of nitrogens with zero attached hydrogens (tertiary/aromatic N) is 1. The van der Waals surface area contributed by atoms with E-state index in [2.05, 4.69) is 0 Å². The molecule has 0 saturated heterocycles. The third-order valence-electron chi connectivity index (χ3n) is 7.42. The van der Waals surface area contributed by atoms with Crippen LogP contribution < -0.4 is 0 Å². The second-order valence-electron chi connectivity index (χ2n) is 9.63. The summed E-state index contributed by atoms with van der Waals surface area (Å²) in [6.07, 6.45) is 0.0970. The number of hydrogen-bond acceptors (Lipinski definition) is 3. The smallest absolute Gasteiger partial charge is 0.395 e. The Balaban J connectivity index is 1.50. The van der Waals surface area contributed by atoms with E-state index >= 15 is 0 Å². The predicted molar refractivity (Wildman–Crippen MR) is 119 cm³/mol. The van der Waals surface area contributed by atoms with Crippen molar-refractivity contribution in [3.8, 4) is 0 Å². The third-order valence-corrected chi connectivity index (χ3v) is 7.42. The van der Waals surface area contributed by atoms with E-state index in [0.29, 0.717) is 12.5 Å². The molecule has 0 bridgehead atoms. The van der Waals surface area contributed by atoms with E-state index in [4.69, 9.17) is 0 Å². The van der Waals surface area contributed by atoms with E-state index in [1.165, 1.54) is 24.3 Å². The van der Waals surface area contributed by atoms with Crippen LogP contribution in [0.15, 0.2) is 54.6 Å². The van der Waals surface area contributed by atoms with Crippen LogP contribution in [0.25, 0.3) is 0 Å². The van der Waals surface area contributed by atoms with Crippen molar-refractivity contribution in [2.45, 2.75) is 74.7 Å². The molecule has 178 valence electrons. The summed E-state index contributed by atoms with van der Waals surface area (Å²) >= 11 is 0. The predicted octanol–water partition coefficient (Wildman–Crippen LogP) is 4.93. The van der Waals surface area contributed by atoms with E-state index in [1.807, 2.05) is 35.2 Å². The van der Waals surface area contributed by atoms with Crippen LogP contribution in [0.2, 0.25) is 0 Å². The number of aliphatic hydroxyl groups is 2. The fraction of sp³-hybridized carbons (Fsp3) is 0.500. The molecule has 4 rings (SSSR count). The summed E-state index contributed by atoms with van der Waals surface area (Å²) in [5.41, 5.74) is -2.13. The van der Waals surface area contributed by atoms with Gasteiger partial charge < -0.3 is 15.1 Å². The lowest BCUT2D eigenvalue weighted by molar-refractivity contribution is -0.258. The fourth-order valence-corrected chi connectivity index (χ4v) is 5.00. The van der Waals surface area contributed by atoms with E-state index < -0.39 is 11.8 Å². The van der Waals surface area contributed by atoms with Gasteiger partial charge in [-0.3, -0.25) is 4.79 Å². The standard InChI is InChI=1S/C26H30F3NO3/c1-24(33,26(27,28)29)19-9-7-18(8-10-19)23(32)30(21-11-12-21)22-13-15-25(17-31,16-14-22)20-5-3-2-4-6-20/h2-10,21-22,31,33H,11-17H2,1H3/t22-,24-,25-/m0/s1. The Morgan fingerprint density at radius 3 is 2.00 bits per heavy atom. The highest BCUT2D eigenvalue weighted by molar-refractivity contribution is 5.95. The van der Waals surface area contributed by atoms with Crippen LogP contribution in [0.3, 0.4) is 0 Å². The van der Waals surface area contributed by atoms with Gasteiger partial charge in [-0.2, -0.15) is 13.2 Å². The van der Waals surface area contributed by atoms with Gasteiger partial charge in [-0.1, -0.05) is 42.5 Å². The normalized spacial score (nSPS) is 25.3. The van der Waals surface area contributed by atoms with Crippen molar-refractivity contribution < 1.29 is 28.2 Å². The van der Waals surface area contributed by atoms with Gasteiger partial charge in [-0.25, -0.2) is 0 Å². The van der Waals surface area contributed by atoms with E-state index in [-0.39, 0.29) is 35.6 Å². The fourth-order valence-electron chi connectivity index (χ4n) is 5.00. The van der Waals surface area contributed by atoms with Crippen molar-refractivity contribution in [3.63, 3.8) is 0 Å². The lowest BCUT2D eigenvalue weighted by atomic mass is 9.68. The van der Waals surface area contributed by atoms with Crippen molar-refractivity contribution in [1.29, 1.82) is 0 Å². The quantitative estimate of drug-likeness (QED) is 0.641. The highest BCUT2D eigenvalue weighted by atomic mass is 19.4. The number of benzene rings is 2. The molecular weight excluding hydrogens is 431 g/mol. The molecule has 2 aromatic rings. The first-order chi connectivity index (χ1) is 15.6. The minimum Gasteiger partial charge on any atom is -0.395 e. The van der Waals surface area contributed by atoms with Crippen LogP contribution in [-0.2, 0) is 11.0 Å². The van der Waals surface area contributed by atoms with Gasteiger partial charge in [0.05, 0.1) is 6.61 Å². The van der Waals surface area contributed by atoms with Crippen LogP contribution in [0, 0.1) is 0 Å². The van der Waals surface area contributed by atoms with Crippen molar-refractivity contribution in [1.82, 2.24) is 4.90 Å². The molecule has 2 fully saturated rings. The summed E-state index contributed by atoms with van der Waals surface area (Å²) in [5.74, 6) is -0.183. The first kappa shape index (κ1) is 23.8. The van der Waals surface area contributed by atoms with Crippen molar-refractivity contribution in [2.24, 2.45) is 0 Å². The molecule has 1 amide bonds. The molecule has 0 spiro atoms. The van der Waals surface area contributed by atoms with E-state index in [1.54, 1.807) is 0 Å². The number of hydrogen-bond donors (Lipinski definition) is 2. The Kier molecular flexibility index (Phi) is 6.31. The zero-order chi connectivity index (χ0) is 23.9. The van der Waals surface area contributed by atoms with Gasteiger partial charge in [0, 0.05) is 23.1 Å². The second kappa shape index (κ2) is 8.76. The molecule has 0 aromatic heterocycles. The average molecular weight is 462 g/mol. The zero-order valence-corrected chi connectivity index (χ0v) is 18.7. The number of alkyl halides is 3. The number of carbonyl (C=O) groups is 1. The maximum absolute atomic E-state index is 13.4. The summed E-state index contributed by atoms with van der Waals surface area (Å²) in [7, 11) is 0. The monoisotopic (exact) mass is 461 g/mol. The molecule has 2 saturated carbocycles. The van der Waals surface area contributed by atoms with E-state index in [0.717, 1.165) is 44.1 Å². The molecule has 7 heteroatoms. The first-order valence-corrected chi connectivity index (χ1v) is 11.5. The highest BCUT2D eigenvalue weighted by Crippen LogP contribution is 2.43. The third kappa shape index (κ3) is 4.53. The Morgan fingerprint density at radius 1 is 0.970 bits per heavy atom. The molecule has 0 unspecified atom stereocenters. The molecule has 0 radical (unpaired) electrons. The van der Waals surface area contributed by atoms with Gasteiger partial charge in [0.2, 0.25) is 0 Å². The molecule has 33 heavy (non-hydrogen) atoms. The molecule has 2 N–H and O–H groups in total. The Morgan fingerprint density at radius 2 is 1.52 bits per heavy atom. The first-order valence-electron chi connectivity index (χ1n) is 11.5. The van der Waals surface area contributed by atoms with Crippen molar-refractivity contribution >= 4 is 5.91 Å². The minimum absolute atomic E-state index is 0.0337. The lowest BCUT2D eigenvalue weighted by Gasteiger charge is -2.43. The van der Waals surface area contributed by atoms with Gasteiger partial charge >= 0.3 is 6.18 Å². The molecule has 2 aliphatic carbocycles. The number of carbonyl (C=O) groups excluding carboxylic acids is 1. The van der Waals surface area contributed by atoms with Crippen LogP contribution >= 0.6 is 0 Å². The summed E-state index contributed by atoms with van der Waals surface area (Å²) < 4.78 is 39.4. The molecule has 1 atom stereocenters. The summed E-state index contributed by atoms with van der Waals surface area (Å²) in [4.78, 5) is 15.3. The topological polar surface area (TPSA) is 60.8 Å². The van der Waals surface area contributed by atoms with Crippen LogP contribution in [0.4, 0.5) is 13.2 Å². The van der Waals surface area contributed by atoms with Gasteiger partial charge in [0.15, 0.2) is 5.60 Å². The second-order valence-corrected chi connectivity index (χ2v) is 9.63. The van der Waals surface area contributed by atoms with Crippen molar-refractivity contribution in [2.75, 3.05) is 6.61 Å². The van der Waals surface area contributed by atoms with Crippen LogP contribution in [-0.4, -0.2) is 45.9 Å². The van der Waals surface area contributed by atoms with Gasteiger partial charge in [-0.15, -0.1) is 0 Å². The van der Waals surface area contributed by atoms with Crippen LogP contribution in [0.5, 0.6) is 0 Å². The molecule has 4 nitrogen and oxygen atoms in total. The molecule has 0 aliphatic heterocycles. The Bertz CT molecular complexity index is 961. The summed E-state index contributed by atoms with van der Waals surface area (Å²) in [6.45, 7) is 0.768. The average Bonchev–Trinajstić information content (AvgIpc) is 3.65. The van der Waals surface area contributed by atoms with Gasteiger partial charge in [-0.05, 0) is 68.7 Å². The maximum atomic E-state index is 13.4. The summed E-state index contributed by atoms with van der Waals surface area (Å²) in [6, 6.07) is 15.3. The zero-order valence-electron chi connectivity index (χ0n) is 18.7. The highest BCUT2D eigenvalue weighted by Gasteiger charge is 2.51. The Labute approximate surface area is 192 Å². The van der Waals surface area contributed by atoms with Gasteiger partial charge in [0.1, 0.15) is 0 Å². The maximum Gasteiger partial charge on any atom is 0.421 e. The van der Waals surface area contributed by atoms with Crippen molar-refractivity contribution in [3.05, 3.63) is 71.3 Å². The number of amides is 1. The molecule has 0 heterocycles. The molecular formula is C26H30F3NO3. The van der Waals surface area contributed by atoms with Crippen LogP contribution in [0.1, 0.15) is 66.9 Å². The summed E-state index contributed by atoms with van der Waals surface area (Å²) in [5, 5.41) is 20.1. The van der Waals surface area contributed by atoms with E-state index in [9.17, 15) is 28.2 Å². The van der Waals surface area contributed by atoms with Gasteiger partial charge in [0.25, 0.3) is 5.91 Å². The molecule has 2 aliphatic rings. The Hall–Kier alpha value is -2.38. The SMILES string of the molecule is C[C@](O)(c1ccc(C(=O)N(C2CC2)[C@H]2CC[C@](CO)(c3ccccc3)CC2)cc1)C(F)(F)F. The lowest BCUT2D eigenvalue weighted by Crippen LogP contribution is -2.47. The minimum atomic E-state index is -4.81. The largest absolute Gasteiger partial charge is 0.421 e. The number of halogens is 3. The number of rotatable bonds is 6. The molecule has 2 aromatic carbocycles. The number of aliphatic hydroxyl groups excluding tert-OH is 1.